The summed E-state index contributed by atoms with van der Waals surface area (Å²) in [6, 6.07) is 14.7. The predicted molar refractivity (Wildman–Crippen MR) is 91.0 cm³/mol. The second kappa shape index (κ2) is 8.44. The maximum absolute atomic E-state index is 12.3. The molecular formula is C18H20ClNO3. The van der Waals surface area contributed by atoms with Gasteiger partial charge in [0, 0.05) is 11.6 Å². The van der Waals surface area contributed by atoms with Gasteiger partial charge in [-0.2, -0.15) is 0 Å². The highest BCUT2D eigenvalue weighted by Crippen LogP contribution is 2.27. The van der Waals surface area contributed by atoms with Crippen molar-refractivity contribution in [3.8, 4) is 11.5 Å². The van der Waals surface area contributed by atoms with Gasteiger partial charge in [0.25, 0.3) is 5.91 Å². The first-order chi connectivity index (χ1) is 11.2. The third-order valence-corrected chi connectivity index (χ3v) is 3.78. The number of ether oxygens (including phenoxy) is 2. The van der Waals surface area contributed by atoms with Gasteiger partial charge in [0.05, 0.1) is 7.11 Å². The summed E-state index contributed by atoms with van der Waals surface area (Å²) in [4.78, 5) is 12.3. The minimum absolute atomic E-state index is 0.182. The summed E-state index contributed by atoms with van der Waals surface area (Å²) in [6.45, 7) is 2.26. The van der Waals surface area contributed by atoms with Gasteiger partial charge in [-0.25, -0.2) is 0 Å². The number of hydrogen-bond acceptors (Lipinski definition) is 3. The van der Waals surface area contributed by atoms with Gasteiger partial charge in [-0.3, -0.25) is 4.79 Å². The topological polar surface area (TPSA) is 47.6 Å². The number of para-hydroxylation sites is 2. The third-order valence-electron chi connectivity index (χ3n) is 3.41. The van der Waals surface area contributed by atoms with E-state index in [9.17, 15) is 4.79 Å². The molecule has 23 heavy (non-hydrogen) atoms. The van der Waals surface area contributed by atoms with E-state index in [-0.39, 0.29) is 5.91 Å². The van der Waals surface area contributed by atoms with Crippen LogP contribution in [0, 0.1) is 0 Å². The number of carbonyl (C=O) groups is 1. The van der Waals surface area contributed by atoms with Crippen LogP contribution in [0.1, 0.15) is 18.9 Å². The van der Waals surface area contributed by atoms with Gasteiger partial charge in [0.1, 0.15) is 0 Å². The van der Waals surface area contributed by atoms with E-state index in [1.165, 1.54) is 0 Å². The van der Waals surface area contributed by atoms with Crippen molar-refractivity contribution in [3.63, 3.8) is 0 Å². The van der Waals surface area contributed by atoms with Gasteiger partial charge in [-0.1, -0.05) is 48.9 Å². The Morgan fingerprint density at radius 3 is 2.43 bits per heavy atom. The molecule has 0 aliphatic rings. The molecule has 2 rings (SSSR count). The summed E-state index contributed by atoms with van der Waals surface area (Å²) < 4.78 is 11.0. The summed E-state index contributed by atoms with van der Waals surface area (Å²) in [6.07, 6.45) is -0.0411. The number of rotatable bonds is 7. The lowest BCUT2D eigenvalue weighted by Crippen LogP contribution is -2.37. The van der Waals surface area contributed by atoms with Crippen molar-refractivity contribution in [2.45, 2.75) is 26.0 Å². The zero-order valence-electron chi connectivity index (χ0n) is 13.2. The Hall–Kier alpha value is -2.20. The second-order valence-corrected chi connectivity index (χ2v) is 5.38. The second-order valence-electron chi connectivity index (χ2n) is 4.97. The largest absolute Gasteiger partial charge is 0.493 e. The SMILES string of the molecule is CC[C@@H](Oc1ccccc1OC)C(=O)NCc1ccccc1Cl. The van der Waals surface area contributed by atoms with Gasteiger partial charge in [0.2, 0.25) is 0 Å². The summed E-state index contributed by atoms with van der Waals surface area (Å²) in [5, 5.41) is 3.49. The number of halogens is 1. The zero-order valence-corrected chi connectivity index (χ0v) is 14.0. The van der Waals surface area contributed by atoms with E-state index in [1.807, 2.05) is 37.3 Å². The molecule has 0 unspecified atom stereocenters. The highest BCUT2D eigenvalue weighted by molar-refractivity contribution is 6.31. The first-order valence-electron chi connectivity index (χ1n) is 7.46. The van der Waals surface area contributed by atoms with Crippen LogP contribution in [0.4, 0.5) is 0 Å². The van der Waals surface area contributed by atoms with Gasteiger partial charge < -0.3 is 14.8 Å². The molecule has 0 radical (unpaired) electrons. The third kappa shape index (κ3) is 4.63. The van der Waals surface area contributed by atoms with Gasteiger partial charge in [-0.05, 0) is 30.2 Å². The van der Waals surface area contributed by atoms with E-state index in [0.717, 1.165) is 5.56 Å². The lowest BCUT2D eigenvalue weighted by Gasteiger charge is -2.19. The normalized spacial score (nSPS) is 11.6. The summed E-state index contributed by atoms with van der Waals surface area (Å²) >= 11 is 6.09. The van der Waals surface area contributed by atoms with Crippen LogP contribution >= 0.6 is 11.6 Å². The van der Waals surface area contributed by atoms with Crippen LogP contribution < -0.4 is 14.8 Å². The summed E-state index contributed by atoms with van der Waals surface area (Å²) in [5.74, 6) is 0.970. The Morgan fingerprint density at radius 1 is 1.13 bits per heavy atom. The molecule has 0 aliphatic heterocycles. The van der Waals surface area contributed by atoms with Crippen molar-refractivity contribution in [2.75, 3.05) is 7.11 Å². The van der Waals surface area contributed by atoms with Crippen molar-refractivity contribution < 1.29 is 14.3 Å². The Morgan fingerprint density at radius 2 is 1.78 bits per heavy atom. The van der Waals surface area contributed by atoms with Crippen LogP contribution in [0.5, 0.6) is 11.5 Å². The molecule has 2 aromatic rings. The van der Waals surface area contributed by atoms with E-state index in [4.69, 9.17) is 21.1 Å². The number of methoxy groups -OCH3 is 1. The zero-order chi connectivity index (χ0) is 16.7. The maximum atomic E-state index is 12.3. The average Bonchev–Trinajstić information content (AvgIpc) is 2.59. The van der Waals surface area contributed by atoms with Crippen molar-refractivity contribution >= 4 is 17.5 Å². The maximum Gasteiger partial charge on any atom is 0.261 e. The Balaban J connectivity index is 2.00. The Bertz CT molecular complexity index is 660. The summed E-state index contributed by atoms with van der Waals surface area (Å²) in [5.41, 5.74) is 0.870. The smallest absolute Gasteiger partial charge is 0.261 e. The molecule has 122 valence electrons. The summed E-state index contributed by atoms with van der Waals surface area (Å²) in [7, 11) is 1.57. The van der Waals surface area contributed by atoms with Gasteiger partial charge in [0.15, 0.2) is 17.6 Å². The fraction of sp³-hybridized carbons (Fsp3) is 0.278. The fourth-order valence-corrected chi connectivity index (χ4v) is 2.33. The van der Waals surface area contributed by atoms with Crippen molar-refractivity contribution in [2.24, 2.45) is 0 Å². The molecule has 0 spiro atoms. The van der Waals surface area contributed by atoms with Crippen molar-refractivity contribution in [1.29, 1.82) is 0 Å². The number of benzene rings is 2. The monoisotopic (exact) mass is 333 g/mol. The van der Waals surface area contributed by atoms with Crippen LogP contribution in [-0.2, 0) is 11.3 Å². The molecule has 0 fully saturated rings. The van der Waals surface area contributed by atoms with E-state index < -0.39 is 6.10 Å². The molecule has 1 amide bonds. The van der Waals surface area contributed by atoms with Crippen molar-refractivity contribution in [3.05, 3.63) is 59.1 Å². The lowest BCUT2D eigenvalue weighted by molar-refractivity contribution is -0.128. The predicted octanol–water partition coefficient (Wildman–Crippen LogP) is 3.82. The molecule has 5 heteroatoms. The lowest BCUT2D eigenvalue weighted by atomic mass is 10.2. The Labute approximate surface area is 141 Å². The quantitative estimate of drug-likeness (QED) is 0.837. The van der Waals surface area contributed by atoms with Gasteiger partial charge >= 0.3 is 0 Å². The number of nitrogens with one attached hydrogen (secondary N) is 1. The number of hydrogen-bond donors (Lipinski definition) is 1. The van der Waals surface area contributed by atoms with Crippen LogP contribution in [0.2, 0.25) is 5.02 Å². The highest BCUT2D eigenvalue weighted by atomic mass is 35.5. The van der Waals surface area contributed by atoms with E-state index in [0.29, 0.717) is 29.5 Å². The molecule has 1 N–H and O–H groups in total. The van der Waals surface area contributed by atoms with Crippen LogP contribution in [0.3, 0.4) is 0 Å². The molecule has 0 bridgehead atoms. The molecule has 0 saturated carbocycles. The van der Waals surface area contributed by atoms with Crippen LogP contribution in [-0.4, -0.2) is 19.1 Å². The molecule has 4 nitrogen and oxygen atoms in total. The number of carbonyl (C=O) groups excluding carboxylic acids is 1. The molecular weight excluding hydrogens is 314 g/mol. The molecule has 0 saturated heterocycles. The van der Waals surface area contributed by atoms with Crippen LogP contribution in [0.15, 0.2) is 48.5 Å². The fourth-order valence-electron chi connectivity index (χ4n) is 2.13. The van der Waals surface area contributed by atoms with E-state index >= 15 is 0 Å². The first-order valence-corrected chi connectivity index (χ1v) is 7.84. The molecule has 1 atom stereocenters. The van der Waals surface area contributed by atoms with E-state index in [2.05, 4.69) is 5.32 Å². The molecule has 0 heterocycles. The average molecular weight is 334 g/mol. The minimum atomic E-state index is -0.589. The first kappa shape index (κ1) is 17.2. The molecule has 0 aliphatic carbocycles. The van der Waals surface area contributed by atoms with Crippen LogP contribution in [0.25, 0.3) is 0 Å². The van der Waals surface area contributed by atoms with Gasteiger partial charge in [-0.15, -0.1) is 0 Å². The van der Waals surface area contributed by atoms with E-state index in [1.54, 1.807) is 25.3 Å². The highest BCUT2D eigenvalue weighted by Gasteiger charge is 2.19. The van der Waals surface area contributed by atoms with Crippen molar-refractivity contribution in [1.82, 2.24) is 5.32 Å². The molecule has 2 aromatic carbocycles. The Kier molecular flexibility index (Phi) is 6.29. The number of amides is 1. The minimum Gasteiger partial charge on any atom is -0.493 e. The molecule has 0 aromatic heterocycles. The standard InChI is InChI=1S/C18H20ClNO3/c1-3-15(23-17-11-7-6-10-16(17)22-2)18(21)20-12-13-8-4-5-9-14(13)19/h4-11,15H,3,12H2,1-2H3,(H,20,21)/t15-/m1/s1.